The van der Waals surface area contributed by atoms with Crippen LogP contribution < -0.4 is 10.5 Å². The molecule has 0 aliphatic carbocycles. The molecule has 0 aliphatic heterocycles. The molecule has 1 aromatic carbocycles. The molecule has 106 valence electrons. The second-order valence-electron chi connectivity index (χ2n) is 4.76. The van der Waals surface area contributed by atoms with E-state index in [1.54, 1.807) is 0 Å². The Labute approximate surface area is 123 Å². The van der Waals surface area contributed by atoms with Gasteiger partial charge in [-0.1, -0.05) is 13.8 Å². The molecule has 20 heavy (non-hydrogen) atoms. The maximum Gasteiger partial charge on any atom is 0.135 e. The van der Waals surface area contributed by atoms with Gasteiger partial charge < -0.3 is 10.5 Å². The van der Waals surface area contributed by atoms with E-state index in [2.05, 4.69) is 18.8 Å². The molecule has 0 bridgehead atoms. The minimum absolute atomic E-state index is 0.0865. The SMILES string of the molecule is CCOc1ccc(-c2nc(C(C)C)c(C(=N)N)s2)cc1. The summed E-state index contributed by atoms with van der Waals surface area (Å²) in [5.74, 6) is 1.19. The first-order valence-electron chi connectivity index (χ1n) is 6.61. The third-order valence-electron chi connectivity index (χ3n) is 2.86. The maximum absolute atomic E-state index is 7.66. The quantitative estimate of drug-likeness (QED) is 0.652. The van der Waals surface area contributed by atoms with Gasteiger partial charge in [0, 0.05) is 5.56 Å². The molecule has 0 aliphatic rings. The number of nitrogens with one attached hydrogen (secondary N) is 1. The lowest BCUT2D eigenvalue weighted by atomic mass is 10.1. The average Bonchev–Trinajstić information content (AvgIpc) is 2.85. The van der Waals surface area contributed by atoms with Gasteiger partial charge in [0.1, 0.15) is 16.6 Å². The standard InChI is InChI=1S/C15H19N3OS/c1-4-19-11-7-5-10(6-8-11)15-18-12(9(2)3)13(20-15)14(16)17/h5-9H,4H2,1-3H3,(H3,16,17). The van der Waals surface area contributed by atoms with Crippen LogP contribution in [0.3, 0.4) is 0 Å². The van der Waals surface area contributed by atoms with Crippen molar-refractivity contribution in [3.63, 3.8) is 0 Å². The number of benzene rings is 1. The van der Waals surface area contributed by atoms with E-state index < -0.39 is 0 Å². The highest BCUT2D eigenvalue weighted by Gasteiger charge is 2.17. The van der Waals surface area contributed by atoms with Crippen molar-refractivity contribution in [2.75, 3.05) is 6.61 Å². The van der Waals surface area contributed by atoms with Gasteiger partial charge in [0.15, 0.2) is 0 Å². The summed E-state index contributed by atoms with van der Waals surface area (Å²) in [7, 11) is 0. The Morgan fingerprint density at radius 2 is 2.00 bits per heavy atom. The van der Waals surface area contributed by atoms with Gasteiger partial charge in [0.25, 0.3) is 0 Å². The zero-order valence-corrected chi connectivity index (χ0v) is 12.8. The van der Waals surface area contributed by atoms with E-state index in [9.17, 15) is 0 Å². The summed E-state index contributed by atoms with van der Waals surface area (Å²) >= 11 is 1.47. The summed E-state index contributed by atoms with van der Waals surface area (Å²) in [6, 6.07) is 7.83. The first-order chi connectivity index (χ1) is 9.52. The van der Waals surface area contributed by atoms with Gasteiger partial charge in [0.2, 0.25) is 0 Å². The molecule has 0 fully saturated rings. The maximum atomic E-state index is 7.66. The Morgan fingerprint density at radius 3 is 2.45 bits per heavy atom. The van der Waals surface area contributed by atoms with Gasteiger partial charge in [-0.25, -0.2) is 4.98 Å². The van der Waals surface area contributed by atoms with E-state index in [0.717, 1.165) is 26.9 Å². The lowest BCUT2D eigenvalue weighted by molar-refractivity contribution is 0.340. The van der Waals surface area contributed by atoms with E-state index in [1.807, 2.05) is 31.2 Å². The van der Waals surface area contributed by atoms with Gasteiger partial charge in [-0.15, -0.1) is 11.3 Å². The van der Waals surface area contributed by atoms with Gasteiger partial charge >= 0.3 is 0 Å². The monoisotopic (exact) mass is 289 g/mol. The van der Waals surface area contributed by atoms with E-state index in [4.69, 9.17) is 15.9 Å². The first-order valence-corrected chi connectivity index (χ1v) is 7.43. The summed E-state index contributed by atoms with van der Waals surface area (Å²) < 4.78 is 5.43. The molecule has 1 heterocycles. The third-order valence-corrected chi connectivity index (χ3v) is 4.01. The molecule has 2 aromatic rings. The highest BCUT2D eigenvalue weighted by atomic mass is 32.1. The molecule has 0 unspecified atom stereocenters. The fourth-order valence-corrected chi connectivity index (χ4v) is 2.99. The topological polar surface area (TPSA) is 72.0 Å². The molecule has 5 heteroatoms. The smallest absolute Gasteiger partial charge is 0.135 e. The largest absolute Gasteiger partial charge is 0.494 e. The Kier molecular flexibility index (Phi) is 4.39. The second-order valence-corrected chi connectivity index (χ2v) is 5.76. The van der Waals surface area contributed by atoms with Crippen molar-refractivity contribution in [2.24, 2.45) is 5.73 Å². The lowest BCUT2D eigenvalue weighted by Crippen LogP contribution is -2.12. The first kappa shape index (κ1) is 14.5. The summed E-state index contributed by atoms with van der Waals surface area (Å²) in [5, 5.41) is 8.55. The molecule has 0 radical (unpaired) electrons. The highest BCUT2D eigenvalue weighted by molar-refractivity contribution is 7.17. The van der Waals surface area contributed by atoms with Crippen molar-refractivity contribution >= 4 is 17.2 Å². The van der Waals surface area contributed by atoms with E-state index >= 15 is 0 Å². The molecule has 3 N–H and O–H groups in total. The second kappa shape index (κ2) is 6.05. The van der Waals surface area contributed by atoms with Crippen LogP contribution in [0.4, 0.5) is 0 Å². The van der Waals surface area contributed by atoms with Gasteiger partial charge in [-0.05, 0) is 37.1 Å². The zero-order valence-electron chi connectivity index (χ0n) is 11.9. The molecular formula is C15H19N3OS. The number of thiazole rings is 1. The van der Waals surface area contributed by atoms with Crippen LogP contribution in [0.5, 0.6) is 5.75 Å². The minimum atomic E-state index is 0.0865. The molecule has 2 rings (SSSR count). The predicted octanol–water partition coefficient (Wildman–Crippen LogP) is 3.62. The fraction of sp³-hybridized carbons (Fsp3) is 0.333. The predicted molar refractivity (Wildman–Crippen MR) is 83.8 cm³/mol. The number of nitrogen functional groups attached to an aromatic ring is 1. The van der Waals surface area contributed by atoms with Crippen LogP contribution in [0.15, 0.2) is 24.3 Å². The number of amidine groups is 1. The summed E-state index contributed by atoms with van der Waals surface area (Å²) in [6.07, 6.45) is 0. The summed E-state index contributed by atoms with van der Waals surface area (Å²) in [6.45, 7) is 6.73. The van der Waals surface area contributed by atoms with Crippen LogP contribution in [0, 0.1) is 5.41 Å². The molecule has 4 nitrogen and oxygen atoms in total. The van der Waals surface area contributed by atoms with E-state index in [1.165, 1.54) is 11.3 Å². The van der Waals surface area contributed by atoms with Crippen LogP contribution in [-0.2, 0) is 0 Å². The molecule has 0 atom stereocenters. The third kappa shape index (κ3) is 2.99. The van der Waals surface area contributed by atoms with Crippen molar-refractivity contribution in [3.8, 4) is 16.3 Å². The fourth-order valence-electron chi connectivity index (χ4n) is 1.90. The van der Waals surface area contributed by atoms with Crippen LogP contribution in [0.25, 0.3) is 10.6 Å². The Morgan fingerprint density at radius 1 is 1.35 bits per heavy atom. The Hall–Kier alpha value is -1.88. The molecule has 0 saturated heterocycles. The van der Waals surface area contributed by atoms with Gasteiger partial charge in [-0.2, -0.15) is 0 Å². The van der Waals surface area contributed by atoms with E-state index in [0.29, 0.717) is 6.61 Å². The Bertz CT molecular complexity index is 602. The normalized spacial score (nSPS) is 10.8. The number of rotatable bonds is 5. The van der Waals surface area contributed by atoms with Gasteiger partial charge in [0.05, 0.1) is 17.2 Å². The van der Waals surface area contributed by atoms with Crippen LogP contribution in [-0.4, -0.2) is 17.4 Å². The van der Waals surface area contributed by atoms with Crippen molar-refractivity contribution in [1.82, 2.24) is 4.98 Å². The van der Waals surface area contributed by atoms with Gasteiger partial charge in [-0.3, -0.25) is 5.41 Å². The zero-order chi connectivity index (χ0) is 14.7. The molecule has 0 spiro atoms. The number of aromatic nitrogens is 1. The van der Waals surface area contributed by atoms with Crippen molar-refractivity contribution < 1.29 is 4.74 Å². The lowest BCUT2D eigenvalue weighted by Gasteiger charge is -2.03. The number of nitrogens with two attached hydrogens (primary N) is 1. The Balaban J connectivity index is 2.37. The molecular weight excluding hydrogens is 270 g/mol. The molecule has 0 amide bonds. The van der Waals surface area contributed by atoms with Crippen molar-refractivity contribution in [1.29, 1.82) is 5.41 Å². The van der Waals surface area contributed by atoms with Crippen molar-refractivity contribution in [2.45, 2.75) is 26.7 Å². The summed E-state index contributed by atoms with van der Waals surface area (Å²) in [4.78, 5) is 5.40. The number of hydrogen-bond acceptors (Lipinski definition) is 4. The highest BCUT2D eigenvalue weighted by Crippen LogP contribution is 2.32. The minimum Gasteiger partial charge on any atom is -0.494 e. The summed E-state index contributed by atoms with van der Waals surface area (Å²) in [5.41, 5.74) is 7.56. The molecule has 1 aromatic heterocycles. The van der Waals surface area contributed by atoms with Crippen LogP contribution >= 0.6 is 11.3 Å². The van der Waals surface area contributed by atoms with Crippen LogP contribution in [0.2, 0.25) is 0 Å². The van der Waals surface area contributed by atoms with Crippen LogP contribution in [0.1, 0.15) is 37.3 Å². The number of hydrogen-bond donors (Lipinski definition) is 2. The average molecular weight is 289 g/mol. The van der Waals surface area contributed by atoms with Crippen molar-refractivity contribution in [3.05, 3.63) is 34.8 Å². The number of nitrogens with zero attached hydrogens (tertiary/aromatic N) is 1. The number of ether oxygens (including phenoxy) is 1. The molecule has 0 saturated carbocycles. The van der Waals surface area contributed by atoms with E-state index in [-0.39, 0.29) is 11.8 Å².